The largest absolute Gasteiger partial charge is 0.314 e. The van der Waals surface area contributed by atoms with Gasteiger partial charge in [0.1, 0.15) is 5.94 Å². The zero-order valence-electron chi connectivity index (χ0n) is 11.6. The van der Waals surface area contributed by atoms with Crippen LogP contribution in [0.5, 0.6) is 0 Å². The van der Waals surface area contributed by atoms with Crippen LogP contribution in [-0.2, 0) is 4.79 Å². The third-order valence-corrected chi connectivity index (χ3v) is 4.96. The zero-order chi connectivity index (χ0) is 13.9. The summed E-state index contributed by atoms with van der Waals surface area (Å²) >= 11 is 1.69. The van der Waals surface area contributed by atoms with E-state index in [1.165, 1.54) is 4.70 Å². The molecule has 0 spiro atoms. The Bertz CT molecular complexity index is 651. The van der Waals surface area contributed by atoms with Gasteiger partial charge in [0.15, 0.2) is 0 Å². The Morgan fingerprint density at radius 1 is 1.35 bits per heavy atom. The van der Waals surface area contributed by atoms with E-state index in [1.807, 2.05) is 12.1 Å². The molecule has 1 atom stereocenters. The number of carbonyl (C=O) groups excluding carboxylic acids is 1. The normalized spacial score (nSPS) is 17.9. The summed E-state index contributed by atoms with van der Waals surface area (Å²) in [4.78, 5) is 13.9. The standard InChI is InChI=1S/C16H18N2OS/c1-12(18-8-6-17-7-9-18)14(10-19)15-11-20-16-5-3-2-4-13(15)16/h2-5,11-12,17H,6-9H2,1H3. The molecule has 0 aliphatic carbocycles. The molecule has 1 aromatic heterocycles. The molecule has 3 rings (SSSR count). The number of benzene rings is 1. The summed E-state index contributed by atoms with van der Waals surface area (Å²) in [6.45, 7) is 6.04. The van der Waals surface area contributed by atoms with E-state index in [4.69, 9.17) is 0 Å². The molecule has 0 bridgehead atoms. The van der Waals surface area contributed by atoms with Crippen molar-refractivity contribution in [2.75, 3.05) is 26.2 Å². The highest BCUT2D eigenvalue weighted by atomic mass is 32.1. The van der Waals surface area contributed by atoms with Crippen LogP contribution in [0.15, 0.2) is 29.6 Å². The fourth-order valence-corrected chi connectivity index (χ4v) is 3.76. The summed E-state index contributed by atoms with van der Waals surface area (Å²) in [5, 5.41) is 6.60. The van der Waals surface area contributed by atoms with Crippen LogP contribution in [0.3, 0.4) is 0 Å². The van der Waals surface area contributed by atoms with E-state index in [0.717, 1.165) is 42.7 Å². The Morgan fingerprint density at radius 2 is 2.10 bits per heavy atom. The Balaban J connectivity index is 1.95. The van der Waals surface area contributed by atoms with Crippen molar-refractivity contribution in [2.45, 2.75) is 13.0 Å². The van der Waals surface area contributed by atoms with Gasteiger partial charge in [-0.1, -0.05) is 18.2 Å². The molecule has 0 amide bonds. The molecule has 1 fully saturated rings. The number of nitrogens with one attached hydrogen (secondary N) is 1. The van der Waals surface area contributed by atoms with Crippen LogP contribution in [0.1, 0.15) is 12.5 Å². The second-order valence-electron chi connectivity index (χ2n) is 5.12. The van der Waals surface area contributed by atoms with Crippen molar-refractivity contribution < 1.29 is 4.79 Å². The number of rotatable bonds is 3. The minimum atomic E-state index is 0.118. The first kappa shape index (κ1) is 13.5. The molecule has 0 radical (unpaired) electrons. The fraction of sp³-hybridized carbons (Fsp3) is 0.375. The van der Waals surface area contributed by atoms with Crippen LogP contribution >= 0.6 is 11.3 Å². The molecular formula is C16H18N2OS. The fourth-order valence-electron chi connectivity index (χ4n) is 2.80. The minimum absolute atomic E-state index is 0.118. The van der Waals surface area contributed by atoms with Crippen LogP contribution in [0.2, 0.25) is 0 Å². The first-order chi connectivity index (χ1) is 9.81. The first-order valence-electron chi connectivity index (χ1n) is 6.97. The summed E-state index contributed by atoms with van der Waals surface area (Å²) in [6.07, 6.45) is 0. The van der Waals surface area contributed by atoms with Crippen molar-refractivity contribution in [3.8, 4) is 0 Å². The second kappa shape index (κ2) is 5.90. The van der Waals surface area contributed by atoms with E-state index in [9.17, 15) is 4.79 Å². The predicted octanol–water partition coefficient (Wildman–Crippen LogP) is 2.41. The van der Waals surface area contributed by atoms with E-state index in [1.54, 1.807) is 11.3 Å². The van der Waals surface area contributed by atoms with Crippen molar-refractivity contribution in [1.82, 2.24) is 10.2 Å². The smallest absolute Gasteiger partial charge is 0.130 e. The van der Waals surface area contributed by atoms with Crippen molar-refractivity contribution in [3.63, 3.8) is 0 Å². The number of fused-ring (bicyclic) bond motifs is 1. The third-order valence-electron chi connectivity index (χ3n) is 4.00. The lowest BCUT2D eigenvalue weighted by atomic mass is 9.99. The molecule has 20 heavy (non-hydrogen) atoms. The highest BCUT2D eigenvalue weighted by Crippen LogP contribution is 2.32. The molecule has 1 aliphatic heterocycles. The van der Waals surface area contributed by atoms with Crippen molar-refractivity contribution >= 4 is 32.9 Å². The molecule has 1 unspecified atom stereocenters. The number of thiophene rings is 1. The van der Waals surface area contributed by atoms with Gasteiger partial charge in [-0.15, -0.1) is 11.3 Å². The van der Waals surface area contributed by atoms with Gasteiger partial charge in [0.05, 0.1) is 5.57 Å². The lowest BCUT2D eigenvalue weighted by molar-refractivity contribution is 0.218. The molecule has 3 nitrogen and oxygen atoms in total. The highest BCUT2D eigenvalue weighted by Gasteiger charge is 2.23. The van der Waals surface area contributed by atoms with Gasteiger partial charge in [-0.3, -0.25) is 4.90 Å². The third kappa shape index (κ3) is 2.43. The maximum Gasteiger partial charge on any atom is 0.130 e. The molecule has 4 heteroatoms. The first-order valence-corrected chi connectivity index (χ1v) is 7.85. The molecule has 1 N–H and O–H groups in total. The Kier molecular flexibility index (Phi) is 3.99. The lowest BCUT2D eigenvalue weighted by Gasteiger charge is -2.33. The number of hydrogen-bond acceptors (Lipinski definition) is 4. The maximum absolute atomic E-state index is 11.5. The van der Waals surface area contributed by atoms with Crippen LogP contribution in [0.25, 0.3) is 15.7 Å². The molecule has 0 saturated carbocycles. The van der Waals surface area contributed by atoms with Crippen molar-refractivity contribution in [1.29, 1.82) is 0 Å². The van der Waals surface area contributed by atoms with E-state index in [2.05, 4.69) is 40.6 Å². The molecule has 2 heterocycles. The monoisotopic (exact) mass is 286 g/mol. The van der Waals surface area contributed by atoms with E-state index >= 15 is 0 Å². The predicted molar refractivity (Wildman–Crippen MR) is 84.8 cm³/mol. The molecule has 1 aliphatic rings. The maximum atomic E-state index is 11.5. The topological polar surface area (TPSA) is 32.3 Å². The highest BCUT2D eigenvalue weighted by molar-refractivity contribution is 7.17. The average molecular weight is 286 g/mol. The summed E-state index contributed by atoms with van der Waals surface area (Å²) in [5.41, 5.74) is 1.83. The van der Waals surface area contributed by atoms with Crippen LogP contribution in [-0.4, -0.2) is 43.1 Å². The molecule has 1 aromatic carbocycles. The number of hydrogen-bond donors (Lipinski definition) is 1. The number of nitrogens with zero attached hydrogens (tertiary/aromatic N) is 1. The lowest BCUT2D eigenvalue weighted by Crippen LogP contribution is -2.47. The van der Waals surface area contributed by atoms with Gasteiger partial charge in [-0.25, -0.2) is 4.79 Å². The zero-order valence-corrected chi connectivity index (χ0v) is 12.4. The average Bonchev–Trinajstić information content (AvgIpc) is 2.93. The van der Waals surface area contributed by atoms with Gasteiger partial charge in [-0.2, -0.15) is 0 Å². The second-order valence-corrected chi connectivity index (χ2v) is 6.03. The van der Waals surface area contributed by atoms with Crippen molar-refractivity contribution in [2.24, 2.45) is 0 Å². The Morgan fingerprint density at radius 3 is 2.85 bits per heavy atom. The van der Waals surface area contributed by atoms with Gasteiger partial charge in [0.25, 0.3) is 0 Å². The summed E-state index contributed by atoms with van der Waals surface area (Å²) in [7, 11) is 0. The van der Waals surface area contributed by atoms with Crippen LogP contribution in [0, 0.1) is 0 Å². The van der Waals surface area contributed by atoms with Crippen LogP contribution < -0.4 is 5.32 Å². The van der Waals surface area contributed by atoms with Gasteiger partial charge < -0.3 is 5.32 Å². The van der Waals surface area contributed by atoms with Gasteiger partial charge in [-0.05, 0) is 13.0 Å². The quantitative estimate of drug-likeness (QED) is 0.880. The molecule has 104 valence electrons. The Labute approximate surface area is 122 Å². The Hall–Kier alpha value is -1.45. The molecular weight excluding hydrogens is 268 g/mol. The summed E-state index contributed by atoms with van der Waals surface area (Å²) in [5.74, 6) is 2.20. The SMILES string of the molecule is CC(C(=C=O)c1csc2ccccc12)N1CCNCC1. The van der Waals surface area contributed by atoms with Gasteiger partial charge in [0, 0.05) is 53.3 Å². The van der Waals surface area contributed by atoms with E-state index in [-0.39, 0.29) is 6.04 Å². The van der Waals surface area contributed by atoms with Gasteiger partial charge >= 0.3 is 0 Å². The van der Waals surface area contributed by atoms with E-state index < -0.39 is 0 Å². The van der Waals surface area contributed by atoms with Crippen molar-refractivity contribution in [3.05, 3.63) is 35.2 Å². The minimum Gasteiger partial charge on any atom is -0.314 e. The number of piperazine rings is 1. The molecule has 1 saturated heterocycles. The molecule has 2 aromatic rings. The summed E-state index contributed by atoms with van der Waals surface area (Å²) < 4.78 is 1.22. The van der Waals surface area contributed by atoms with E-state index in [0.29, 0.717) is 0 Å². The van der Waals surface area contributed by atoms with Gasteiger partial charge in [0.2, 0.25) is 0 Å². The summed E-state index contributed by atoms with van der Waals surface area (Å²) in [6, 6.07) is 8.36. The van der Waals surface area contributed by atoms with Crippen LogP contribution in [0.4, 0.5) is 0 Å².